The zero-order valence-electron chi connectivity index (χ0n) is 20.0. The van der Waals surface area contributed by atoms with Crippen molar-refractivity contribution < 1.29 is 22.4 Å². The van der Waals surface area contributed by atoms with Gasteiger partial charge in [-0.3, -0.25) is 9.78 Å². The van der Waals surface area contributed by atoms with Gasteiger partial charge in [-0.15, -0.1) is 0 Å². The molecule has 5 aromatic rings. The van der Waals surface area contributed by atoms with Crippen LogP contribution in [0.15, 0.2) is 85.1 Å². The van der Waals surface area contributed by atoms with E-state index < -0.39 is 11.9 Å². The van der Waals surface area contributed by atoms with Crippen LogP contribution < -0.4 is 0 Å². The highest BCUT2D eigenvalue weighted by Gasteiger charge is 2.32. The Morgan fingerprint density at radius 2 is 1.74 bits per heavy atom. The quantitative estimate of drug-likeness (QED) is 0.162. The van der Waals surface area contributed by atoms with Crippen LogP contribution in [-0.2, 0) is 6.18 Å². The Balaban J connectivity index is 1.51. The highest BCUT2D eigenvalue weighted by molar-refractivity contribution is 6.33. The maximum atomic E-state index is 13.6. The number of carbonyl (C=O) groups excluding carboxylic acids is 1. The molecule has 1 atom stereocenters. The van der Waals surface area contributed by atoms with Crippen molar-refractivity contribution in [3.63, 3.8) is 0 Å². The molecule has 192 valence electrons. The lowest BCUT2D eigenvalue weighted by Gasteiger charge is -2.12. The number of fused-ring (bicyclic) bond motifs is 1. The molecule has 5 rings (SSSR count). The molecule has 0 bridgehead atoms. The minimum absolute atomic E-state index is 0.0700. The second-order valence-electron chi connectivity index (χ2n) is 8.95. The van der Waals surface area contributed by atoms with Crippen molar-refractivity contribution in [2.24, 2.45) is 0 Å². The van der Waals surface area contributed by atoms with Gasteiger partial charge in [0.1, 0.15) is 17.2 Å². The van der Waals surface area contributed by atoms with E-state index in [1.807, 2.05) is 18.2 Å². The van der Waals surface area contributed by atoms with Gasteiger partial charge in [0, 0.05) is 29.1 Å². The van der Waals surface area contributed by atoms with Crippen LogP contribution in [0.2, 0.25) is 5.02 Å². The number of aromatic nitrogens is 3. The number of hydrogen-bond donors (Lipinski definition) is 0. The fourth-order valence-electron chi connectivity index (χ4n) is 4.30. The van der Waals surface area contributed by atoms with Crippen molar-refractivity contribution in [1.82, 2.24) is 14.8 Å². The molecule has 9 heteroatoms. The van der Waals surface area contributed by atoms with E-state index >= 15 is 0 Å². The normalized spacial score (nSPS) is 12.6. The molecule has 0 aliphatic rings. The van der Waals surface area contributed by atoms with E-state index in [4.69, 9.17) is 16.7 Å². The molecule has 0 saturated carbocycles. The number of ketones is 1. The van der Waals surface area contributed by atoms with Crippen molar-refractivity contribution in [3.8, 4) is 16.9 Å². The molecule has 4 nitrogen and oxygen atoms in total. The second kappa shape index (κ2) is 10.0. The van der Waals surface area contributed by atoms with Crippen molar-refractivity contribution in [3.05, 3.63) is 113 Å². The molecule has 0 aliphatic carbocycles. The average molecular weight is 538 g/mol. The van der Waals surface area contributed by atoms with Gasteiger partial charge >= 0.3 is 6.18 Å². The molecule has 2 heterocycles. The van der Waals surface area contributed by atoms with E-state index in [0.717, 1.165) is 17.6 Å². The first-order valence-corrected chi connectivity index (χ1v) is 12.1. The summed E-state index contributed by atoms with van der Waals surface area (Å²) in [6, 6.07) is 20.6. The van der Waals surface area contributed by atoms with Crippen molar-refractivity contribution in [2.75, 3.05) is 0 Å². The third-order valence-corrected chi connectivity index (χ3v) is 6.67. The van der Waals surface area contributed by atoms with Gasteiger partial charge in [-0.2, -0.15) is 18.3 Å². The maximum Gasteiger partial charge on any atom is 0.433 e. The first-order valence-electron chi connectivity index (χ1n) is 11.7. The number of Topliss-reactive ketones (excluding diaryl/α,β-unsaturated/α-hetero) is 1. The van der Waals surface area contributed by atoms with Crippen LogP contribution in [0.1, 0.15) is 40.9 Å². The first-order chi connectivity index (χ1) is 18.1. The topological polar surface area (TPSA) is 47.8 Å². The molecular formula is C29H20ClF4N3O. The summed E-state index contributed by atoms with van der Waals surface area (Å²) in [6.07, 6.45) is -3.30. The Labute approximate surface area is 220 Å². The Bertz CT molecular complexity index is 1630. The summed E-state index contributed by atoms with van der Waals surface area (Å²) in [5.41, 5.74) is 2.52. The molecule has 0 amide bonds. The molecule has 0 spiro atoms. The molecular weight excluding hydrogens is 518 g/mol. The standard InChI is InChI=1S/C29H20ClF4N3O/c1-17(19-7-13-27(35-16-19)29(32,33)34)14-26(38)18-6-12-23-25(15-18)37(21-10-8-20(31)9-11-21)36-28(23)22-4-2-3-5-24(22)30/h2-13,15-17H,14H2,1H3/t17-/m0/s1. The number of alkyl halides is 3. The smallest absolute Gasteiger partial charge is 0.294 e. The van der Waals surface area contributed by atoms with Crippen molar-refractivity contribution >= 4 is 28.3 Å². The predicted molar refractivity (Wildman–Crippen MR) is 138 cm³/mol. The van der Waals surface area contributed by atoms with Gasteiger partial charge < -0.3 is 0 Å². The summed E-state index contributed by atoms with van der Waals surface area (Å²) in [7, 11) is 0. The molecule has 0 fully saturated rings. The zero-order chi connectivity index (χ0) is 27.0. The van der Waals surface area contributed by atoms with E-state index in [1.54, 1.807) is 48.0 Å². The Kier molecular flexibility index (Phi) is 6.75. The van der Waals surface area contributed by atoms with Crippen molar-refractivity contribution in [1.29, 1.82) is 0 Å². The summed E-state index contributed by atoms with van der Waals surface area (Å²) >= 11 is 6.45. The van der Waals surface area contributed by atoms with Gasteiger partial charge in [-0.25, -0.2) is 9.07 Å². The second-order valence-corrected chi connectivity index (χ2v) is 9.36. The fourth-order valence-corrected chi connectivity index (χ4v) is 4.52. The SMILES string of the molecule is C[C@@H](CC(=O)c1ccc2c(-c3ccccc3Cl)nn(-c3ccc(F)cc3)c2c1)c1ccc(C(F)(F)F)nc1. The lowest BCUT2D eigenvalue weighted by Crippen LogP contribution is -2.09. The monoisotopic (exact) mass is 537 g/mol. The predicted octanol–water partition coefficient (Wildman–Crippen LogP) is 8.28. The summed E-state index contributed by atoms with van der Waals surface area (Å²) < 4.78 is 53.7. The highest BCUT2D eigenvalue weighted by atomic mass is 35.5. The van der Waals surface area contributed by atoms with Crippen LogP contribution >= 0.6 is 11.6 Å². The van der Waals surface area contributed by atoms with Crippen LogP contribution in [0.3, 0.4) is 0 Å². The van der Waals surface area contributed by atoms with Crippen LogP contribution in [0.4, 0.5) is 17.6 Å². The third kappa shape index (κ3) is 5.04. The minimum atomic E-state index is -4.52. The van der Waals surface area contributed by atoms with E-state index in [0.29, 0.717) is 38.6 Å². The van der Waals surface area contributed by atoms with Gasteiger partial charge in [-0.05, 0) is 60.0 Å². The van der Waals surface area contributed by atoms with Gasteiger partial charge in [-0.1, -0.05) is 48.9 Å². The van der Waals surface area contributed by atoms with Gasteiger partial charge in [0.05, 0.1) is 16.2 Å². The van der Waals surface area contributed by atoms with E-state index in [1.165, 1.54) is 18.2 Å². The third-order valence-electron chi connectivity index (χ3n) is 6.34. The average Bonchev–Trinajstić information content (AvgIpc) is 3.27. The number of carbonyl (C=O) groups is 1. The molecule has 38 heavy (non-hydrogen) atoms. The van der Waals surface area contributed by atoms with E-state index in [9.17, 15) is 22.4 Å². The Morgan fingerprint density at radius 1 is 1.00 bits per heavy atom. The minimum Gasteiger partial charge on any atom is -0.294 e. The number of nitrogens with zero attached hydrogens (tertiary/aromatic N) is 3. The lowest BCUT2D eigenvalue weighted by molar-refractivity contribution is -0.141. The van der Waals surface area contributed by atoms with Crippen LogP contribution in [0.25, 0.3) is 27.8 Å². The molecule has 2 aromatic heterocycles. The fraction of sp³-hybridized carbons (Fsp3) is 0.138. The molecule has 0 aliphatic heterocycles. The lowest BCUT2D eigenvalue weighted by atomic mass is 9.93. The number of rotatable bonds is 6. The zero-order valence-corrected chi connectivity index (χ0v) is 20.8. The summed E-state index contributed by atoms with van der Waals surface area (Å²) in [6.45, 7) is 1.76. The molecule has 0 saturated heterocycles. The highest BCUT2D eigenvalue weighted by Crippen LogP contribution is 2.35. The number of benzene rings is 3. The molecule has 0 unspecified atom stereocenters. The number of halogens is 5. The molecule has 3 aromatic carbocycles. The van der Waals surface area contributed by atoms with Gasteiger partial charge in [0.15, 0.2) is 5.78 Å². The number of hydrogen-bond acceptors (Lipinski definition) is 3. The molecule has 0 radical (unpaired) electrons. The molecule has 0 N–H and O–H groups in total. The maximum absolute atomic E-state index is 13.6. The van der Waals surface area contributed by atoms with Crippen LogP contribution in [0.5, 0.6) is 0 Å². The van der Waals surface area contributed by atoms with Crippen molar-refractivity contribution in [2.45, 2.75) is 25.4 Å². The van der Waals surface area contributed by atoms with Crippen LogP contribution in [-0.4, -0.2) is 20.5 Å². The van der Waals surface area contributed by atoms with Gasteiger partial charge in [0.2, 0.25) is 0 Å². The van der Waals surface area contributed by atoms with E-state index in [-0.39, 0.29) is 23.9 Å². The van der Waals surface area contributed by atoms with Crippen LogP contribution in [0, 0.1) is 5.82 Å². The Hall–Kier alpha value is -4.04. The summed E-state index contributed by atoms with van der Waals surface area (Å²) in [5.74, 6) is -0.932. The van der Waals surface area contributed by atoms with E-state index in [2.05, 4.69) is 4.98 Å². The number of pyridine rings is 1. The summed E-state index contributed by atoms with van der Waals surface area (Å²) in [4.78, 5) is 16.7. The largest absolute Gasteiger partial charge is 0.433 e. The first kappa shape index (κ1) is 25.6. The van der Waals surface area contributed by atoms with Gasteiger partial charge in [0.25, 0.3) is 0 Å². The summed E-state index contributed by atoms with van der Waals surface area (Å²) in [5, 5.41) is 6.02. The Morgan fingerprint density at radius 3 is 2.39 bits per heavy atom.